The van der Waals surface area contributed by atoms with Gasteiger partial charge in [0.15, 0.2) is 0 Å². The number of imidazole rings is 1. The van der Waals surface area contributed by atoms with E-state index in [-0.39, 0.29) is 27.1 Å². The largest absolute Gasteiger partial charge is 0.507 e. The molecule has 8 rings (SSSR count). The van der Waals surface area contributed by atoms with E-state index in [2.05, 4.69) is 218 Å². The summed E-state index contributed by atoms with van der Waals surface area (Å²) in [4.78, 5) is 10.8. The molecular weight excluding hydrogens is 795 g/mol. The molecule has 0 unspecified atom stereocenters. The molecule has 0 spiro atoms. The summed E-state index contributed by atoms with van der Waals surface area (Å²) in [6.07, 6.45) is 3.10. The first-order valence-electron chi connectivity index (χ1n) is 23.4. The molecule has 64 heavy (non-hydrogen) atoms. The molecule has 0 radical (unpaired) electrons. The highest BCUT2D eigenvalue weighted by atomic mass is 28.3. The number of hydrogen-bond donors (Lipinski definition) is 1. The number of nitrogens with zero attached hydrogens (tertiary/aromatic N) is 3. The molecule has 0 amide bonds. The standard InChI is InChI=1S/C59H71N3OSi/c1-55(2,3)41-32-39(31-40(33-41)47-34-38(27-29-60-47)37-21-18-17-19-22-37)43-23-20-24-48-51(43)61-54(44-35-42(56(4,5)6)36-46(52(44)63)58(10,11)12)62(48)49-26-25-45(57(7,8)9)50-53(49)64(15,16)30-28-59(50,13)14/h17-27,29,31-36,63H,28,30H2,1-16H3. The summed E-state index contributed by atoms with van der Waals surface area (Å²) in [6.45, 7) is 37.4. The van der Waals surface area contributed by atoms with Gasteiger partial charge in [0.25, 0.3) is 0 Å². The summed E-state index contributed by atoms with van der Waals surface area (Å²) >= 11 is 0. The minimum Gasteiger partial charge on any atom is -0.507 e. The summed E-state index contributed by atoms with van der Waals surface area (Å²) in [5.74, 6) is 1.08. The van der Waals surface area contributed by atoms with Gasteiger partial charge in [-0.05, 0) is 120 Å². The van der Waals surface area contributed by atoms with E-state index < -0.39 is 8.07 Å². The first-order chi connectivity index (χ1) is 29.7. The maximum Gasteiger partial charge on any atom is 0.149 e. The van der Waals surface area contributed by atoms with Gasteiger partial charge in [-0.2, -0.15) is 0 Å². The fourth-order valence-corrected chi connectivity index (χ4v) is 13.5. The molecule has 0 aliphatic carbocycles. The van der Waals surface area contributed by atoms with Gasteiger partial charge in [-0.15, -0.1) is 0 Å². The van der Waals surface area contributed by atoms with E-state index in [1.807, 2.05) is 6.20 Å². The number of benzene rings is 5. The van der Waals surface area contributed by atoms with Crippen LogP contribution < -0.4 is 5.19 Å². The van der Waals surface area contributed by atoms with Crippen molar-refractivity contribution in [2.45, 2.75) is 150 Å². The highest BCUT2D eigenvalue weighted by Crippen LogP contribution is 2.48. The summed E-state index contributed by atoms with van der Waals surface area (Å²) < 4.78 is 2.44. The number of aromatic nitrogens is 3. The Morgan fingerprint density at radius 3 is 1.88 bits per heavy atom. The zero-order valence-corrected chi connectivity index (χ0v) is 42.6. The smallest absolute Gasteiger partial charge is 0.149 e. The fraction of sp³-hybridized carbons (Fsp3) is 0.390. The topological polar surface area (TPSA) is 50.9 Å². The maximum absolute atomic E-state index is 12.7. The van der Waals surface area contributed by atoms with Crippen molar-refractivity contribution in [2.75, 3.05) is 0 Å². The van der Waals surface area contributed by atoms with Crippen LogP contribution in [0.5, 0.6) is 5.75 Å². The van der Waals surface area contributed by atoms with E-state index in [1.165, 1.54) is 51.2 Å². The second kappa shape index (κ2) is 15.4. The van der Waals surface area contributed by atoms with Gasteiger partial charge < -0.3 is 5.11 Å². The lowest BCUT2D eigenvalue weighted by Gasteiger charge is -2.45. The Kier molecular flexibility index (Phi) is 10.9. The number of phenolic OH excluding ortho intramolecular Hbond substituents is 1. The Bertz CT molecular complexity index is 2920. The Balaban J connectivity index is 1.50. The van der Waals surface area contributed by atoms with E-state index in [4.69, 9.17) is 9.97 Å². The summed E-state index contributed by atoms with van der Waals surface area (Å²) in [5, 5.41) is 14.2. The molecule has 0 saturated carbocycles. The minimum atomic E-state index is -2.02. The van der Waals surface area contributed by atoms with Gasteiger partial charge in [0.2, 0.25) is 0 Å². The molecule has 0 bridgehead atoms. The molecule has 332 valence electrons. The summed E-state index contributed by atoms with van der Waals surface area (Å²) in [7, 11) is -2.02. The van der Waals surface area contributed by atoms with Crippen LogP contribution in [0.15, 0.2) is 109 Å². The SMILES string of the molecule is CC(C)(C)c1cc(-c2cc(-c3ccccc3)ccn2)cc(-c2cccc3c2nc(-c2cc(C(C)(C)C)cc(C(C)(C)C)c2O)n3-c2ccc(C(C)(C)C)c3c2[Si](C)(C)CCC3(C)C)c1. The van der Waals surface area contributed by atoms with Crippen LogP contribution in [0.3, 0.4) is 0 Å². The highest BCUT2D eigenvalue weighted by molar-refractivity contribution is 6.91. The number of para-hydroxylation sites is 1. The van der Waals surface area contributed by atoms with Crippen LogP contribution in [-0.2, 0) is 27.1 Å². The predicted octanol–water partition coefficient (Wildman–Crippen LogP) is 15.6. The molecule has 0 fully saturated rings. The van der Waals surface area contributed by atoms with Crippen molar-refractivity contribution in [1.82, 2.24) is 14.5 Å². The zero-order valence-electron chi connectivity index (χ0n) is 41.6. The van der Waals surface area contributed by atoms with Crippen molar-refractivity contribution in [1.29, 1.82) is 0 Å². The Hall–Kier alpha value is -5.26. The minimum absolute atomic E-state index is 0.00151. The van der Waals surface area contributed by atoms with Gasteiger partial charge in [0.05, 0.1) is 30.4 Å². The average Bonchev–Trinajstić information content (AvgIpc) is 3.60. The van der Waals surface area contributed by atoms with Crippen LogP contribution in [0, 0.1) is 0 Å². The van der Waals surface area contributed by atoms with Gasteiger partial charge in [0.1, 0.15) is 11.6 Å². The Morgan fingerprint density at radius 2 is 1.23 bits per heavy atom. The molecule has 5 aromatic carbocycles. The lowest BCUT2D eigenvalue weighted by Crippen LogP contribution is -2.53. The van der Waals surface area contributed by atoms with Gasteiger partial charge in [0, 0.05) is 28.6 Å². The molecule has 1 aliphatic heterocycles. The maximum atomic E-state index is 12.7. The second-order valence-electron chi connectivity index (χ2n) is 24.1. The number of phenols is 1. The summed E-state index contributed by atoms with van der Waals surface area (Å²) in [5.41, 5.74) is 16.1. The van der Waals surface area contributed by atoms with Crippen molar-refractivity contribution < 1.29 is 5.11 Å². The molecule has 3 heterocycles. The van der Waals surface area contributed by atoms with Crippen molar-refractivity contribution in [2.24, 2.45) is 0 Å². The number of pyridine rings is 1. The lowest BCUT2D eigenvalue weighted by atomic mass is 9.72. The number of fused-ring (bicyclic) bond motifs is 2. The molecule has 4 nitrogen and oxygen atoms in total. The first-order valence-corrected chi connectivity index (χ1v) is 26.6. The number of hydrogen-bond acceptors (Lipinski definition) is 3. The van der Waals surface area contributed by atoms with Crippen LogP contribution in [0.2, 0.25) is 19.1 Å². The highest BCUT2D eigenvalue weighted by Gasteiger charge is 2.44. The molecule has 5 heteroatoms. The van der Waals surface area contributed by atoms with Crippen molar-refractivity contribution >= 4 is 24.3 Å². The molecule has 0 atom stereocenters. The third kappa shape index (κ3) is 8.19. The van der Waals surface area contributed by atoms with Crippen molar-refractivity contribution in [3.8, 4) is 56.3 Å². The molecule has 1 aliphatic rings. The average molecular weight is 866 g/mol. The van der Waals surface area contributed by atoms with Gasteiger partial charge >= 0.3 is 0 Å². The van der Waals surface area contributed by atoms with E-state index in [1.54, 1.807) is 0 Å². The predicted molar refractivity (Wildman–Crippen MR) is 277 cm³/mol. The number of aromatic hydroxyl groups is 1. The fourth-order valence-electron chi connectivity index (χ4n) is 10.00. The Labute approximate surface area is 385 Å². The quantitative estimate of drug-likeness (QED) is 0.175. The monoisotopic (exact) mass is 866 g/mol. The molecule has 0 saturated heterocycles. The van der Waals surface area contributed by atoms with Crippen molar-refractivity contribution in [3.63, 3.8) is 0 Å². The normalized spacial score (nSPS) is 15.4. The Morgan fingerprint density at radius 1 is 0.594 bits per heavy atom. The number of rotatable bonds is 5. The third-order valence-electron chi connectivity index (χ3n) is 13.9. The molecular formula is C59H71N3OSi. The van der Waals surface area contributed by atoms with Crippen LogP contribution in [0.4, 0.5) is 0 Å². The van der Waals surface area contributed by atoms with E-state index in [0.717, 1.165) is 55.9 Å². The van der Waals surface area contributed by atoms with Crippen molar-refractivity contribution in [3.05, 3.63) is 137 Å². The van der Waals surface area contributed by atoms with Crippen LogP contribution >= 0.6 is 0 Å². The van der Waals surface area contributed by atoms with Gasteiger partial charge in [-0.1, -0.05) is 177 Å². The van der Waals surface area contributed by atoms with Gasteiger partial charge in [-0.25, -0.2) is 4.98 Å². The van der Waals surface area contributed by atoms with Crippen LogP contribution in [0.1, 0.15) is 131 Å². The van der Waals surface area contributed by atoms with Gasteiger partial charge in [-0.3, -0.25) is 9.55 Å². The van der Waals surface area contributed by atoms with E-state index in [0.29, 0.717) is 5.75 Å². The summed E-state index contributed by atoms with van der Waals surface area (Å²) in [6, 6.07) is 38.9. The van der Waals surface area contributed by atoms with Crippen LogP contribution in [-0.4, -0.2) is 27.7 Å². The third-order valence-corrected chi connectivity index (χ3v) is 17.3. The van der Waals surface area contributed by atoms with Crippen LogP contribution in [0.25, 0.3) is 61.6 Å². The molecule has 1 N–H and O–H groups in total. The van der Waals surface area contributed by atoms with E-state index >= 15 is 0 Å². The second-order valence-corrected chi connectivity index (χ2v) is 28.9. The lowest BCUT2D eigenvalue weighted by molar-refractivity contribution is 0.446. The van der Waals surface area contributed by atoms with E-state index in [9.17, 15) is 5.11 Å². The first kappa shape index (κ1) is 45.3. The zero-order chi connectivity index (χ0) is 46.5. The molecule has 7 aromatic rings. The molecule has 2 aromatic heterocycles.